The van der Waals surface area contributed by atoms with Gasteiger partial charge in [-0.05, 0) is 30.8 Å². The molecule has 0 N–H and O–H groups in total. The molecule has 0 unspecified atom stereocenters. The van der Waals surface area contributed by atoms with Gasteiger partial charge < -0.3 is 4.42 Å². The van der Waals surface area contributed by atoms with Crippen molar-refractivity contribution in [3.05, 3.63) is 48.0 Å². The molecule has 0 bridgehead atoms. The van der Waals surface area contributed by atoms with Crippen LogP contribution in [0.3, 0.4) is 0 Å². The Kier molecular flexibility index (Phi) is 4.62. The molecule has 2 aromatic rings. The van der Waals surface area contributed by atoms with Crippen molar-refractivity contribution in [2.45, 2.75) is 25.6 Å². The van der Waals surface area contributed by atoms with Crippen molar-refractivity contribution >= 4 is 9.84 Å². The number of halogens is 1. The van der Waals surface area contributed by atoms with Crippen molar-refractivity contribution in [1.29, 1.82) is 0 Å². The molecule has 2 saturated heterocycles. The van der Waals surface area contributed by atoms with Crippen molar-refractivity contribution in [3.8, 4) is 11.3 Å². The van der Waals surface area contributed by atoms with Crippen molar-refractivity contribution in [1.82, 2.24) is 9.80 Å². The van der Waals surface area contributed by atoms with E-state index in [9.17, 15) is 12.8 Å². The minimum atomic E-state index is -3.00. The maximum atomic E-state index is 13.9. The molecule has 2 fully saturated rings. The van der Waals surface area contributed by atoms with E-state index in [4.69, 9.17) is 4.42 Å². The molecule has 2 aliphatic heterocycles. The van der Waals surface area contributed by atoms with Gasteiger partial charge in [-0.15, -0.1) is 0 Å². The molecule has 1 aromatic heterocycles. The molecule has 7 heteroatoms. The minimum Gasteiger partial charge on any atom is -0.460 e. The van der Waals surface area contributed by atoms with Gasteiger partial charge in [0.2, 0.25) is 0 Å². The summed E-state index contributed by atoms with van der Waals surface area (Å²) in [4.78, 5) is 4.46. The Bertz CT molecular complexity index is 896. The lowest BCUT2D eigenvalue weighted by Crippen LogP contribution is -2.58. The van der Waals surface area contributed by atoms with Gasteiger partial charge in [-0.3, -0.25) is 9.80 Å². The number of rotatable bonds is 4. The van der Waals surface area contributed by atoms with E-state index in [1.54, 1.807) is 24.3 Å². The molecular formula is C19H23FN2O3S. The van der Waals surface area contributed by atoms with Gasteiger partial charge >= 0.3 is 0 Å². The van der Waals surface area contributed by atoms with E-state index in [-0.39, 0.29) is 29.4 Å². The van der Waals surface area contributed by atoms with Gasteiger partial charge in [0.15, 0.2) is 9.84 Å². The fourth-order valence-electron chi connectivity index (χ4n) is 4.15. The predicted molar refractivity (Wildman–Crippen MR) is 98.0 cm³/mol. The van der Waals surface area contributed by atoms with Crippen LogP contribution in [0.25, 0.3) is 11.3 Å². The highest BCUT2D eigenvalue weighted by molar-refractivity contribution is 7.91. The summed E-state index contributed by atoms with van der Waals surface area (Å²) in [7, 11) is -3.00. The van der Waals surface area contributed by atoms with Gasteiger partial charge in [0, 0.05) is 25.2 Å². The lowest BCUT2D eigenvalue weighted by atomic mass is 10.0. The van der Waals surface area contributed by atoms with Crippen LogP contribution < -0.4 is 0 Å². The quantitative estimate of drug-likeness (QED) is 0.818. The van der Waals surface area contributed by atoms with E-state index in [2.05, 4.69) is 16.7 Å². The summed E-state index contributed by atoms with van der Waals surface area (Å²) < 4.78 is 44.1. The van der Waals surface area contributed by atoms with Crippen LogP contribution in [-0.2, 0) is 16.4 Å². The van der Waals surface area contributed by atoms with Crippen molar-refractivity contribution < 1.29 is 17.2 Å². The van der Waals surface area contributed by atoms with Crippen LogP contribution in [0.4, 0.5) is 4.39 Å². The van der Waals surface area contributed by atoms with Crippen LogP contribution >= 0.6 is 0 Å². The van der Waals surface area contributed by atoms with Crippen molar-refractivity contribution in [3.63, 3.8) is 0 Å². The van der Waals surface area contributed by atoms with Gasteiger partial charge in [-0.25, -0.2) is 12.8 Å². The van der Waals surface area contributed by atoms with Crippen LogP contribution in [0, 0.1) is 5.82 Å². The molecule has 0 saturated carbocycles. The van der Waals surface area contributed by atoms with E-state index in [0.717, 1.165) is 25.4 Å². The summed E-state index contributed by atoms with van der Waals surface area (Å²) in [6, 6.07) is 10.2. The van der Waals surface area contributed by atoms with Crippen molar-refractivity contribution in [2.24, 2.45) is 0 Å². The molecule has 0 spiro atoms. The summed E-state index contributed by atoms with van der Waals surface area (Å²) in [6.07, 6.45) is 0. The first-order valence-corrected chi connectivity index (χ1v) is 10.8. The maximum absolute atomic E-state index is 13.9. The Hall–Kier alpha value is -1.70. The van der Waals surface area contributed by atoms with Gasteiger partial charge in [-0.1, -0.05) is 19.1 Å². The third kappa shape index (κ3) is 3.31. The SMILES string of the molecule is CCN1CCN(Cc2ccc(-c3ccccc3F)o2)[C@@H]2CS(=O)(=O)C[C@@H]21. The largest absolute Gasteiger partial charge is 0.460 e. The molecule has 1 aromatic carbocycles. The zero-order valence-corrected chi connectivity index (χ0v) is 15.6. The number of hydrogen-bond donors (Lipinski definition) is 0. The fourth-order valence-corrected chi connectivity index (χ4v) is 6.20. The molecule has 140 valence electrons. The molecule has 2 atom stereocenters. The Morgan fingerprint density at radius 1 is 1.08 bits per heavy atom. The number of benzene rings is 1. The molecule has 0 amide bonds. The molecule has 0 aliphatic carbocycles. The third-order valence-electron chi connectivity index (χ3n) is 5.47. The minimum absolute atomic E-state index is 0.00397. The highest BCUT2D eigenvalue weighted by Gasteiger charge is 2.46. The maximum Gasteiger partial charge on any atom is 0.153 e. The smallest absolute Gasteiger partial charge is 0.153 e. The van der Waals surface area contributed by atoms with Crippen LogP contribution in [0.15, 0.2) is 40.8 Å². The van der Waals surface area contributed by atoms with Crippen LogP contribution in [0.1, 0.15) is 12.7 Å². The van der Waals surface area contributed by atoms with E-state index in [1.165, 1.54) is 6.07 Å². The van der Waals surface area contributed by atoms with E-state index in [0.29, 0.717) is 17.9 Å². The number of fused-ring (bicyclic) bond motifs is 1. The molecule has 26 heavy (non-hydrogen) atoms. The van der Waals surface area contributed by atoms with E-state index in [1.807, 2.05) is 6.07 Å². The second kappa shape index (κ2) is 6.79. The summed E-state index contributed by atoms with van der Waals surface area (Å²) in [5.41, 5.74) is 0.441. The first kappa shape index (κ1) is 17.7. The standard InChI is InChI=1S/C19H23FN2O3S/c1-2-21-9-10-22(18-13-26(23,24)12-17(18)21)11-14-7-8-19(25-14)15-5-3-4-6-16(15)20/h3-8,17-18H,2,9-13H2,1H3/t17-,18+/m0/s1. The first-order valence-electron chi connectivity index (χ1n) is 8.99. The number of likely N-dealkylation sites (N-methyl/N-ethyl adjacent to an activating group) is 1. The van der Waals surface area contributed by atoms with Gasteiger partial charge in [-0.2, -0.15) is 0 Å². The second-order valence-electron chi connectivity index (χ2n) is 7.06. The third-order valence-corrected chi connectivity index (χ3v) is 7.17. The molecule has 3 heterocycles. The van der Waals surface area contributed by atoms with E-state index >= 15 is 0 Å². The highest BCUT2D eigenvalue weighted by atomic mass is 32.2. The van der Waals surface area contributed by atoms with Crippen LogP contribution in [0.2, 0.25) is 0 Å². The molecule has 0 radical (unpaired) electrons. The summed E-state index contributed by atoms with van der Waals surface area (Å²) in [5, 5.41) is 0. The van der Waals surface area contributed by atoms with Gasteiger partial charge in [0.05, 0.1) is 23.6 Å². The summed E-state index contributed by atoms with van der Waals surface area (Å²) in [6.45, 7) is 5.14. The molecule has 2 aliphatic rings. The van der Waals surface area contributed by atoms with Crippen LogP contribution in [-0.4, -0.2) is 61.4 Å². The monoisotopic (exact) mass is 378 g/mol. The average Bonchev–Trinajstić information content (AvgIpc) is 3.19. The van der Waals surface area contributed by atoms with Gasteiger partial charge in [0.1, 0.15) is 17.3 Å². The number of sulfone groups is 1. The number of piperazine rings is 1. The predicted octanol–water partition coefficient (Wildman–Crippen LogP) is 2.39. The highest BCUT2D eigenvalue weighted by Crippen LogP contribution is 2.30. The second-order valence-corrected chi connectivity index (χ2v) is 9.21. The fraction of sp³-hybridized carbons (Fsp3) is 0.474. The average molecular weight is 378 g/mol. The Labute approximate surface area is 153 Å². The Balaban J connectivity index is 1.54. The Morgan fingerprint density at radius 3 is 2.50 bits per heavy atom. The van der Waals surface area contributed by atoms with Crippen LogP contribution in [0.5, 0.6) is 0 Å². The molecular weight excluding hydrogens is 355 g/mol. The lowest BCUT2D eigenvalue weighted by Gasteiger charge is -2.43. The first-order chi connectivity index (χ1) is 12.5. The number of nitrogens with zero attached hydrogens (tertiary/aromatic N) is 2. The molecule has 5 nitrogen and oxygen atoms in total. The normalized spacial score (nSPS) is 26.1. The van der Waals surface area contributed by atoms with Gasteiger partial charge in [0.25, 0.3) is 0 Å². The van der Waals surface area contributed by atoms with Crippen molar-refractivity contribution in [2.75, 3.05) is 31.1 Å². The zero-order chi connectivity index (χ0) is 18.3. The topological polar surface area (TPSA) is 53.8 Å². The lowest BCUT2D eigenvalue weighted by molar-refractivity contribution is 0.0399. The summed E-state index contributed by atoms with van der Waals surface area (Å²) in [5.74, 6) is 1.36. The molecule has 4 rings (SSSR count). The number of hydrogen-bond acceptors (Lipinski definition) is 5. The Morgan fingerprint density at radius 2 is 1.77 bits per heavy atom. The number of furan rings is 1. The van der Waals surface area contributed by atoms with E-state index < -0.39 is 9.84 Å². The zero-order valence-electron chi connectivity index (χ0n) is 14.8. The summed E-state index contributed by atoms with van der Waals surface area (Å²) >= 11 is 0.